The molecule has 0 spiro atoms. The lowest BCUT2D eigenvalue weighted by Crippen LogP contribution is -2.00. The van der Waals surface area contributed by atoms with Crippen molar-refractivity contribution in [1.82, 2.24) is 15.0 Å². The quantitative estimate of drug-likeness (QED) is 0.708. The molecule has 128 valence electrons. The molecule has 0 aliphatic carbocycles. The van der Waals surface area contributed by atoms with Crippen LogP contribution >= 0.6 is 0 Å². The fraction of sp³-hybridized carbons (Fsp3) is 0.100. The standard InChI is InChI=1S/C20H16N4O2/c1-2-17-16(9-3-13-4-10-18(21)22-11-13)19(24-12-23-17)14-5-7-15(8-6-14)20(25)26/h4-8,10-12H,2H2,1H3,(H2,21,22)(H,25,26). The number of hydrogen-bond acceptors (Lipinski definition) is 5. The highest BCUT2D eigenvalue weighted by Gasteiger charge is 2.11. The number of pyridine rings is 1. The number of nitrogen functional groups attached to an aromatic ring is 1. The second-order valence-corrected chi connectivity index (χ2v) is 5.50. The smallest absolute Gasteiger partial charge is 0.335 e. The Hall–Kier alpha value is -3.72. The summed E-state index contributed by atoms with van der Waals surface area (Å²) >= 11 is 0. The average molecular weight is 344 g/mol. The highest BCUT2D eigenvalue weighted by Crippen LogP contribution is 2.23. The number of anilines is 1. The van der Waals surface area contributed by atoms with E-state index in [2.05, 4.69) is 26.8 Å². The van der Waals surface area contributed by atoms with E-state index in [1.54, 1.807) is 42.6 Å². The van der Waals surface area contributed by atoms with Crippen molar-refractivity contribution < 1.29 is 9.90 Å². The minimum atomic E-state index is -0.968. The molecule has 0 unspecified atom stereocenters. The number of carboxylic acid groups (broad SMARTS) is 1. The molecule has 0 atom stereocenters. The van der Waals surface area contributed by atoms with Gasteiger partial charge in [0.05, 0.1) is 22.5 Å². The third kappa shape index (κ3) is 3.68. The van der Waals surface area contributed by atoms with Gasteiger partial charge in [0.25, 0.3) is 0 Å². The Labute approximate surface area is 150 Å². The van der Waals surface area contributed by atoms with Crippen molar-refractivity contribution >= 4 is 11.8 Å². The van der Waals surface area contributed by atoms with Crippen LogP contribution in [0.25, 0.3) is 11.3 Å². The van der Waals surface area contributed by atoms with Crippen LogP contribution in [-0.4, -0.2) is 26.0 Å². The van der Waals surface area contributed by atoms with Gasteiger partial charge in [-0.05, 0) is 30.7 Å². The molecule has 1 aromatic carbocycles. The number of aryl methyl sites for hydroxylation is 1. The largest absolute Gasteiger partial charge is 0.478 e. The summed E-state index contributed by atoms with van der Waals surface area (Å²) in [6, 6.07) is 10.0. The molecular weight excluding hydrogens is 328 g/mol. The fourth-order valence-electron chi connectivity index (χ4n) is 2.42. The van der Waals surface area contributed by atoms with Gasteiger partial charge >= 0.3 is 5.97 Å². The number of aromatic carboxylic acids is 1. The number of carbonyl (C=O) groups is 1. The number of carboxylic acids is 1. The molecular formula is C20H16N4O2. The Bertz CT molecular complexity index is 1000. The normalized spacial score (nSPS) is 10.0. The van der Waals surface area contributed by atoms with E-state index in [4.69, 9.17) is 10.8 Å². The lowest BCUT2D eigenvalue weighted by atomic mass is 10.0. The van der Waals surface area contributed by atoms with Gasteiger partial charge in [0.1, 0.15) is 12.1 Å². The molecule has 0 aliphatic rings. The van der Waals surface area contributed by atoms with Crippen LogP contribution in [0, 0.1) is 11.8 Å². The number of hydrogen-bond donors (Lipinski definition) is 2. The van der Waals surface area contributed by atoms with Crippen molar-refractivity contribution in [3.05, 3.63) is 71.3 Å². The van der Waals surface area contributed by atoms with Gasteiger partial charge in [-0.25, -0.2) is 19.7 Å². The van der Waals surface area contributed by atoms with Gasteiger partial charge in [0.2, 0.25) is 0 Å². The van der Waals surface area contributed by atoms with Crippen LogP contribution < -0.4 is 5.73 Å². The molecule has 3 rings (SSSR count). The van der Waals surface area contributed by atoms with Crippen LogP contribution in [0.15, 0.2) is 48.9 Å². The molecule has 0 saturated heterocycles. The second kappa shape index (κ2) is 7.45. The van der Waals surface area contributed by atoms with Crippen LogP contribution in [0.3, 0.4) is 0 Å². The van der Waals surface area contributed by atoms with E-state index in [1.165, 1.54) is 6.33 Å². The predicted octanol–water partition coefficient (Wildman–Crippen LogP) is 2.78. The SMILES string of the molecule is CCc1ncnc(-c2ccc(C(=O)O)cc2)c1C#Cc1ccc(N)nc1. The minimum absolute atomic E-state index is 0.221. The summed E-state index contributed by atoms with van der Waals surface area (Å²) in [5.41, 5.74) is 9.55. The molecule has 0 aliphatic heterocycles. The Morgan fingerprint density at radius 2 is 1.85 bits per heavy atom. The van der Waals surface area contributed by atoms with Gasteiger partial charge in [0, 0.05) is 17.3 Å². The zero-order chi connectivity index (χ0) is 18.5. The van der Waals surface area contributed by atoms with Gasteiger partial charge in [-0.2, -0.15) is 0 Å². The van der Waals surface area contributed by atoms with Crippen LogP contribution in [0.4, 0.5) is 5.82 Å². The first-order chi connectivity index (χ1) is 12.6. The monoisotopic (exact) mass is 344 g/mol. The van der Waals surface area contributed by atoms with Crippen LogP contribution in [0.2, 0.25) is 0 Å². The lowest BCUT2D eigenvalue weighted by Gasteiger charge is -2.08. The molecule has 2 aromatic heterocycles. The molecule has 3 aromatic rings. The minimum Gasteiger partial charge on any atom is -0.478 e. The van der Waals surface area contributed by atoms with E-state index in [1.807, 2.05) is 6.92 Å². The van der Waals surface area contributed by atoms with Crippen LogP contribution in [0.5, 0.6) is 0 Å². The summed E-state index contributed by atoms with van der Waals surface area (Å²) < 4.78 is 0. The number of benzene rings is 1. The summed E-state index contributed by atoms with van der Waals surface area (Å²) in [5.74, 6) is 5.66. The van der Waals surface area contributed by atoms with E-state index >= 15 is 0 Å². The molecule has 6 heteroatoms. The maximum absolute atomic E-state index is 11.0. The molecule has 0 fully saturated rings. The maximum Gasteiger partial charge on any atom is 0.335 e. The van der Waals surface area contributed by atoms with Crippen LogP contribution in [0.1, 0.15) is 34.1 Å². The number of aromatic nitrogens is 3. The summed E-state index contributed by atoms with van der Waals surface area (Å²) in [6.45, 7) is 2.00. The van der Waals surface area contributed by atoms with Crippen LogP contribution in [-0.2, 0) is 6.42 Å². The van der Waals surface area contributed by atoms with Crippen molar-refractivity contribution in [1.29, 1.82) is 0 Å². The molecule has 0 saturated carbocycles. The van der Waals surface area contributed by atoms with E-state index in [-0.39, 0.29) is 5.56 Å². The topological polar surface area (TPSA) is 102 Å². The summed E-state index contributed by atoms with van der Waals surface area (Å²) in [6.07, 6.45) is 3.81. The van der Waals surface area contributed by atoms with Gasteiger partial charge < -0.3 is 10.8 Å². The van der Waals surface area contributed by atoms with E-state index in [9.17, 15) is 4.79 Å². The van der Waals surface area contributed by atoms with Crippen molar-refractivity contribution in [2.24, 2.45) is 0 Å². The zero-order valence-corrected chi connectivity index (χ0v) is 14.1. The van der Waals surface area contributed by atoms with Crippen molar-refractivity contribution in [3.63, 3.8) is 0 Å². The number of nitrogens with two attached hydrogens (primary N) is 1. The first-order valence-electron chi connectivity index (χ1n) is 7.99. The second-order valence-electron chi connectivity index (χ2n) is 5.50. The summed E-state index contributed by atoms with van der Waals surface area (Å²) in [5, 5.41) is 9.05. The molecule has 6 nitrogen and oxygen atoms in total. The zero-order valence-electron chi connectivity index (χ0n) is 14.1. The first kappa shape index (κ1) is 17.1. The Balaban J connectivity index is 2.07. The molecule has 3 N–H and O–H groups in total. The van der Waals surface area contributed by atoms with E-state index in [0.717, 1.165) is 22.4 Å². The summed E-state index contributed by atoms with van der Waals surface area (Å²) in [4.78, 5) is 23.7. The molecule has 2 heterocycles. The van der Waals surface area contributed by atoms with E-state index in [0.29, 0.717) is 17.9 Å². The Morgan fingerprint density at radius 1 is 1.08 bits per heavy atom. The number of rotatable bonds is 3. The molecule has 0 radical (unpaired) electrons. The first-order valence-corrected chi connectivity index (χ1v) is 7.99. The Kier molecular flexibility index (Phi) is 4.90. The van der Waals surface area contributed by atoms with Gasteiger partial charge in [-0.1, -0.05) is 30.9 Å². The van der Waals surface area contributed by atoms with Crippen molar-refractivity contribution in [2.45, 2.75) is 13.3 Å². The summed E-state index contributed by atoms with van der Waals surface area (Å²) in [7, 11) is 0. The predicted molar refractivity (Wildman–Crippen MR) is 98.4 cm³/mol. The third-order valence-electron chi connectivity index (χ3n) is 3.78. The molecule has 0 bridgehead atoms. The van der Waals surface area contributed by atoms with Gasteiger partial charge in [-0.3, -0.25) is 0 Å². The maximum atomic E-state index is 11.0. The van der Waals surface area contributed by atoms with E-state index < -0.39 is 5.97 Å². The lowest BCUT2D eigenvalue weighted by molar-refractivity contribution is 0.0697. The molecule has 0 amide bonds. The van der Waals surface area contributed by atoms with Gasteiger partial charge in [-0.15, -0.1) is 0 Å². The molecule has 26 heavy (non-hydrogen) atoms. The average Bonchev–Trinajstić information content (AvgIpc) is 2.67. The number of nitrogens with zero attached hydrogens (tertiary/aromatic N) is 3. The van der Waals surface area contributed by atoms with Crippen molar-refractivity contribution in [3.8, 4) is 23.1 Å². The highest BCUT2D eigenvalue weighted by molar-refractivity contribution is 5.88. The fourth-order valence-corrected chi connectivity index (χ4v) is 2.42. The highest BCUT2D eigenvalue weighted by atomic mass is 16.4. The Morgan fingerprint density at radius 3 is 2.46 bits per heavy atom. The van der Waals surface area contributed by atoms with Crippen molar-refractivity contribution in [2.75, 3.05) is 5.73 Å². The van der Waals surface area contributed by atoms with Gasteiger partial charge in [0.15, 0.2) is 0 Å². The third-order valence-corrected chi connectivity index (χ3v) is 3.78.